The molecule has 0 saturated heterocycles. The first-order valence-electron chi connectivity index (χ1n) is 8.92. The number of nitrogens with two attached hydrogens (primary N) is 1. The van der Waals surface area contributed by atoms with E-state index in [1.165, 1.54) is 5.56 Å². The number of benzene rings is 2. The molecule has 2 aromatic rings. The summed E-state index contributed by atoms with van der Waals surface area (Å²) in [5.74, 6) is 0.0607. The SMILES string of the molecule is COC(OC)c1ccc(C(OC)OC)c2c1C=C[C@H](c1ccccc1)[C@H]2N. The Labute approximate surface area is 160 Å². The monoisotopic (exact) mass is 369 g/mol. The van der Waals surface area contributed by atoms with Crippen LogP contribution >= 0.6 is 0 Å². The van der Waals surface area contributed by atoms with Crippen molar-refractivity contribution in [1.82, 2.24) is 0 Å². The van der Waals surface area contributed by atoms with E-state index >= 15 is 0 Å². The summed E-state index contributed by atoms with van der Waals surface area (Å²) >= 11 is 0. The highest BCUT2D eigenvalue weighted by Crippen LogP contribution is 2.43. The van der Waals surface area contributed by atoms with Gasteiger partial charge in [-0.1, -0.05) is 54.6 Å². The molecule has 0 radical (unpaired) electrons. The molecule has 144 valence electrons. The van der Waals surface area contributed by atoms with Crippen LogP contribution in [-0.2, 0) is 18.9 Å². The molecule has 0 aliphatic heterocycles. The maximum Gasteiger partial charge on any atom is 0.183 e. The Kier molecular flexibility index (Phi) is 6.42. The normalized spacial score (nSPS) is 18.9. The van der Waals surface area contributed by atoms with E-state index in [9.17, 15) is 0 Å². The minimum atomic E-state index is -0.495. The van der Waals surface area contributed by atoms with Gasteiger partial charge in [-0.05, 0) is 16.7 Å². The molecule has 27 heavy (non-hydrogen) atoms. The number of ether oxygens (including phenoxy) is 4. The third-order valence-electron chi connectivity index (χ3n) is 5.09. The highest BCUT2D eigenvalue weighted by atomic mass is 16.7. The Bertz CT molecular complexity index is 782. The molecule has 5 nitrogen and oxygen atoms in total. The zero-order chi connectivity index (χ0) is 19.4. The Morgan fingerprint density at radius 1 is 0.778 bits per heavy atom. The molecule has 0 unspecified atom stereocenters. The van der Waals surface area contributed by atoms with Crippen LogP contribution in [0.5, 0.6) is 0 Å². The smallest absolute Gasteiger partial charge is 0.183 e. The molecule has 0 spiro atoms. The molecule has 0 bridgehead atoms. The predicted molar refractivity (Wildman–Crippen MR) is 105 cm³/mol. The van der Waals surface area contributed by atoms with E-state index in [2.05, 4.69) is 24.3 Å². The van der Waals surface area contributed by atoms with Crippen LogP contribution in [0.1, 0.15) is 52.4 Å². The van der Waals surface area contributed by atoms with Crippen LogP contribution < -0.4 is 5.73 Å². The molecule has 2 aromatic carbocycles. The van der Waals surface area contributed by atoms with Crippen LogP contribution in [0.25, 0.3) is 6.08 Å². The van der Waals surface area contributed by atoms with Crippen molar-refractivity contribution in [1.29, 1.82) is 0 Å². The van der Waals surface area contributed by atoms with Gasteiger partial charge in [-0.2, -0.15) is 0 Å². The van der Waals surface area contributed by atoms with Gasteiger partial charge in [0.05, 0.1) is 0 Å². The molecular formula is C22H27NO4. The second-order valence-corrected chi connectivity index (χ2v) is 6.50. The van der Waals surface area contributed by atoms with Crippen LogP contribution in [0.15, 0.2) is 48.5 Å². The van der Waals surface area contributed by atoms with Crippen molar-refractivity contribution in [2.75, 3.05) is 28.4 Å². The zero-order valence-electron chi connectivity index (χ0n) is 16.2. The molecule has 0 saturated carbocycles. The minimum absolute atomic E-state index is 0.0607. The average molecular weight is 369 g/mol. The van der Waals surface area contributed by atoms with Gasteiger partial charge in [-0.25, -0.2) is 0 Å². The van der Waals surface area contributed by atoms with Gasteiger partial charge >= 0.3 is 0 Å². The van der Waals surface area contributed by atoms with Gasteiger partial charge in [-0.3, -0.25) is 0 Å². The van der Waals surface area contributed by atoms with Gasteiger partial charge in [0.15, 0.2) is 12.6 Å². The molecule has 2 atom stereocenters. The van der Waals surface area contributed by atoms with Gasteiger partial charge < -0.3 is 24.7 Å². The third kappa shape index (κ3) is 3.70. The Balaban J connectivity index is 2.17. The Hall–Kier alpha value is -2.02. The molecule has 0 amide bonds. The van der Waals surface area contributed by atoms with E-state index in [0.29, 0.717) is 0 Å². The van der Waals surface area contributed by atoms with Crippen LogP contribution in [0.2, 0.25) is 0 Å². The second kappa shape index (κ2) is 8.78. The summed E-state index contributed by atoms with van der Waals surface area (Å²) in [6.07, 6.45) is 3.28. The van der Waals surface area contributed by atoms with Crippen LogP contribution in [0.3, 0.4) is 0 Å². The molecule has 5 heteroatoms. The van der Waals surface area contributed by atoms with E-state index in [4.69, 9.17) is 24.7 Å². The van der Waals surface area contributed by atoms with Gasteiger partial charge in [0, 0.05) is 51.5 Å². The van der Waals surface area contributed by atoms with Crippen molar-refractivity contribution >= 4 is 6.08 Å². The molecule has 0 aromatic heterocycles. The summed E-state index contributed by atoms with van der Waals surface area (Å²) in [7, 11) is 6.50. The molecule has 1 aliphatic carbocycles. The summed E-state index contributed by atoms with van der Waals surface area (Å²) in [6, 6.07) is 14.0. The fourth-order valence-electron chi connectivity index (χ4n) is 3.83. The van der Waals surface area contributed by atoms with Crippen molar-refractivity contribution in [3.05, 3.63) is 76.4 Å². The fraction of sp³-hybridized carbons (Fsp3) is 0.364. The van der Waals surface area contributed by atoms with E-state index in [1.807, 2.05) is 30.3 Å². The van der Waals surface area contributed by atoms with Crippen molar-refractivity contribution < 1.29 is 18.9 Å². The van der Waals surface area contributed by atoms with E-state index < -0.39 is 12.6 Å². The average Bonchev–Trinajstić information content (AvgIpc) is 2.71. The molecule has 2 N–H and O–H groups in total. The summed E-state index contributed by atoms with van der Waals surface area (Å²) in [5, 5.41) is 0. The lowest BCUT2D eigenvalue weighted by Crippen LogP contribution is -2.26. The van der Waals surface area contributed by atoms with Crippen LogP contribution in [-0.4, -0.2) is 28.4 Å². The highest BCUT2D eigenvalue weighted by Gasteiger charge is 2.32. The predicted octanol–water partition coefficient (Wildman–Crippen LogP) is 4.08. The van der Waals surface area contributed by atoms with Crippen molar-refractivity contribution in [3.63, 3.8) is 0 Å². The summed E-state index contributed by atoms with van der Waals surface area (Å²) in [6.45, 7) is 0. The maximum atomic E-state index is 6.78. The van der Waals surface area contributed by atoms with Crippen molar-refractivity contribution in [3.8, 4) is 0 Å². The van der Waals surface area contributed by atoms with Crippen molar-refractivity contribution in [2.45, 2.75) is 24.5 Å². The lowest BCUT2D eigenvalue weighted by atomic mass is 9.77. The van der Waals surface area contributed by atoms with Gasteiger partial charge in [-0.15, -0.1) is 0 Å². The summed E-state index contributed by atoms with van der Waals surface area (Å²) < 4.78 is 22.0. The van der Waals surface area contributed by atoms with Crippen LogP contribution in [0, 0.1) is 0 Å². The molecule has 0 fully saturated rings. The number of hydrogen-bond acceptors (Lipinski definition) is 5. The summed E-state index contributed by atoms with van der Waals surface area (Å²) in [5.41, 5.74) is 11.8. The number of rotatable bonds is 7. The molecule has 0 heterocycles. The van der Waals surface area contributed by atoms with Gasteiger partial charge in [0.2, 0.25) is 0 Å². The van der Waals surface area contributed by atoms with Gasteiger partial charge in [0.1, 0.15) is 0 Å². The molecular weight excluding hydrogens is 342 g/mol. The Morgan fingerprint density at radius 2 is 1.33 bits per heavy atom. The fourth-order valence-corrected chi connectivity index (χ4v) is 3.83. The van der Waals surface area contributed by atoms with Crippen LogP contribution in [0.4, 0.5) is 0 Å². The molecule has 1 aliphatic rings. The second-order valence-electron chi connectivity index (χ2n) is 6.50. The lowest BCUT2D eigenvalue weighted by Gasteiger charge is -2.33. The van der Waals surface area contributed by atoms with E-state index in [1.54, 1.807) is 28.4 Å². The molecule has 3 rings (SSSR count). The first-order chi connectivity index (χ1) is 13.2. The van der Waals surface area contributed by atoms with E-state index in [0.717, 1.165) is 22.3 Å². The van der Waals surface area contributed by atoms with Gasteiger partial charge in [0.25, 0.3) is 0 Å². The quantitative estimate of drug-likeness (QED) is 0.745. The zero-order valence-corrected chi connectivity index (χ0v) is 16.2. The first kappa shape index (κ1) is 19.7. The number of fused-ring (bicyclic) bond motifs is 1. The largest absolute Gasteiger partial charge is 0.352 e. The number of hydrogen-bond donors (Lipinski definition) is 1. The minimum Gasteiger partial charge on any atom is -0.352 e. The lowest BCUT2D eigenvalue weighted by molar-refractivity contribution is -0.108. The first-order valence-corrected chi connectivity index (χ1v) is 8.92. The third-order valence-corrected chi connectivity index (χ3v) is 5.09. The topological polar surface area (TPSA) is 62.9 Å². The maximum absolute atomic E-state index is 6.78. The van der Waals surface area contributed by atoms with Crippen molar-refractivity contribution in [2.24, 2.45) is 5.73 Å². The van der Waals surface area contributed by atoms with E-state index in [-0.39, 0.29) is 12.0 Å². The standard InChI is InChI=1S/C22H27NO4/c1-24-21(25-2)17-12-13-18(22(26-3)27-4)19-16(17)11-10-15(20(19)23)14-8-6-5-7-9-14/h5-13,15,20-22H,23H2,1-4H3/t15-,20-/m1/s1. The highest BCUT2D eigenvalue weighted by molar-refractivity contribution is 5.66. The number of methoxy groups -OCH3 is 4. The Morgan fingerprint density at radius 3 is 1.93 bits per heavy atom. The summed E-state index contributed by atoms with van der Waals surface area (Å²) in [4.78, 5) is 0.